The number of rotatable bonds is 6. The van der Waals surface area contributed by atoms with Crippen LogP contribution in [0.1, 0.15) is 57.2 Å². The Hall–Kier alpha value is -3.23. The third kappa shape index (κ3) is 3.19. The summed E-state index contributed by atoms with van der Waals surface area (Å²) >= 11 is 0. The van der Waals surface area contributed by atoms with Gasteiger partial charge in [0.15, 0.2) is 5.96 Å². The van der Waals surface area contributed by atoms with Crippen LogP contribution in [0.2, 0.25) is 0 Å². The molecular formula is C22H30N8O. The molecule has 0 radical (unpaired) electrons. The zero-order valence-electron chi connectivity index (χ0n) is 18.2. The van der Waals surface area contributed by atoms with Crippen molar-refractivity contribution in [1.29, 1.82) is 0 Å². The van der Waals surface area contributed by atoms with Crippen molar-refractivity contribution >= 4 is 23.2 Å². The van der Waals surface area contributed by atoms with Gasteiger partial charge >= 0.3 is 0 Å². The number of pyridine rings is 1. The van der Waals surface area contributed by atoms with Crippen LogP contribution in [0.25, 0.3) is 5.52 Å². The van der Waals surface area contributed by atoms with E-state index in [1.54, 1.807) is 0 Å². The first-order valence-electron chi connectivity index (χ1n) is 10.8. The largest absolute Gasteiger partial charge is 0.402 e. The van der Waals surface area contributed by atoms with Crippen molar-refractivity contribution in [3.63, 3.8) is 0 Å². The molecule has 3 aliphatic rings. The van der Waals surface area contributed by atoms with E-state index in [9.17, 15) is 4.79 Å². The van der Waals surface area contributed by atoms with Crippen LogP contribution < -0.4 is 27.4 Å². The van der Waals surface area contributed by atoms with E-state index in [1.807, 2.05) is 23.3 Å². The molecule has 1 saturated heterocycles. The number of nitrogens with one attached hydrogen (secondary N) is 1. The Bertz CT molecular complexity index is 1140. The van der Waals surface area contributed by atoms with Gasteiger partial charge in [0, 0.05) is 12.7 Å². The van der Waals surface area contributed by atoms with Crippen molar-refractivity contribution in [3.8, 4) is 0 Å². The van der Waals surface area contributed by atoms with Crippen molar-refractivity contribution in [2.45, 2.75) is 51.5 Å². The Balaban J connectivity index is 1.56. The molecule has 1 amide bonds. The van der Waals surface area contributed by atoms with E-state index in [0.29, 0.717) is 17.7 Å². The predicted octanol–water partition coefficient (Wildman–Crippen LogP) is 1.44. The lowest BCUT2D eigenvalue weighted by atomic mass is 10.0. The Labute approximate surface area is 181 Å². The molecule has 1 aliphatic heterocycles. The zero-order chi connectivity index (χ0) is 22.1. The van der Waals surface area contributed by atoms with Gasteiger partial charge in [0.1, 0.15) is 11.6 Å². The maximum atomic E-state index is 13.1. The molecule has 2 aliphatic carbocycles. The highest BCUT2D eigenvalue weighted by Crippen LogP contribution is 2.59. The summed E-state index contributed by atoms with van der Waals surface area (Å²) in [7, 11) is 0. The molecule has 0 spiro atoms. The summed E-state index contributed by atoms with van der Waals surface area (Å²) in [6, 6.07) is 6.39. The minimum atomic E-state index is -0.601. The predicted molar refractivity (Wildman–Crippen MR) is 120 cm³/mol. The second-order valence-electron chi connectivity index (χ2n) is 9.86. The summed E-state index contributed by atoms with van der Waals surface area (Å²) in [5, 5.41) is 8.15. The summed E-state index contributed by atoms with van der Waals surface area (Å²) in [4.78, 5) is 19.1. The van der Waals surface area contributed by atoms with Crippen LogP contribution in [-0.2, 0) is 10.3 Å². The van der Waals surface area contributed by atoms with Gasteiger partial charge in [-0.3, -0.25) is 9.69 Å². The van der Waals surface area contributed by atoms with Crippen LogP contribution in [0.4, 0.5) is 5.82 Å². The van der Waals surface area contributed by atoms with Crippen LogP contribution in [0.5, 0.6) is 0 Å². The number of nitrogens with zero attached hydrogens (tertiary/aromatic N) is 4. The number of carbonyl (C=O) groups is 1. The monoisotopic (exact) mass is 422 g/mol. The average molecular weight is 423 g/mol. The molecule has 0 aromatic carbocycles. The minimum Gasteiger partial charge on any atom is -0.402 e. The number of nitrogens with two attached hydrogens (primary N) is 3. The summed E-state index contributed by atoms with van der Waals surface area (Å²) < 4.78 is 1.89. The lowest BCUT2D eigenvalue weighted by Gasteiger charge is -2.25. The van der Waals surface area contributed by atoms with E-state index in [1.165, 1.54) is 24.6 Å². The molecule has 9 heteroatoms. The van der Waals surface area contributed by atoms with Gasteiger partial charge in [0.05, 0.1) is 22.2 Å². The molecule has 5 rings (SSSR count). The topological polar surface area (TPSA) is 140 Å². The molecule has 31 heavy (non-hydrogen) atoms. The highest BCUT2D eigenvalue weighted by Gasteiger charge is 2.63. The fourth-order valence-electron chi connectivity index (χ4n) is 4.67. The number of fused-ring (bicyclic) bond motifs is 2. The smallest absolute Gasteiger partial charge is 0.234 e. The van der Waals surface area contributed by atoms with E-state index >= 15 is 0 Å². The highest BCUT2D eigenvalue weighted by atomic mass is 16.2. The van der Waals surface area contributed by atoms with Gasteiger partial charge in [-0.25, -0.2) is 4.52 Å². The number of hydrogen-bond acceptors (Lipinski definition) is 5. The Kier molecular flexibility index (Phi) is 4.06. The number of aliphatic imine (C=N–C) groups is 1. The summed E-state index contributed by atoms with van der Waals surface area (Å²) in [6.07, 6.45) is 4.71. The molecule has 3 fully saturated rings. The molecule has 9 nitrogen and oxygen atoms in total. The van der Waals surface area contributed by atoms with Crippen LogP contribution in [0, 0.1) is 11.3 Å². The van der Waals surface area contributed by atoms with Gasteiger partial charge in [0.25, 0.3) is 0 Å². The zero-order valence-corrected chi connectivity index (χ0v) is 18.2. The Morgan fingerprint density at radius 2 is 2.06 bits per heavy atom. The quantitative estimate of drug-likeness (QED) is 0.410. The van der Waals surface area contributed by atoms with Crippen molar-refractivity contribution < 1.29 is 4.79 Å². The summed E-state index contributed by atoms with van der Waals surface area (Å²) in [5.41, 5.74) is 18.9. The summed E-state index contributed by atoms with van der Waals surface area (Å²) in [6.45, 7) is 6.81. The number of guanidine groups is 1. The minimum absolute atomic E-state index is 0.0778. The lowest BCUT2D eigenvalue weighted by molar-refractivity contribution is -0.121. The van der Waals surface area contributed by atoms with E-state index in [2.05, 4.69) is 35.4 Å². The second kappa shape index (κ2) is 6.38. The van der Waals surface area contributed by atoms with Crippen LogP contribution in [-0.4, -0.2) is 28.0 Å². The fourth-order valence-corrected chi connectivity index (χ4v) is 4.67. The van der Waals surface area contributed by atoms with Crippen LogP contribution in [0.15, 0.2) is 35.2 Å². The van der Waals surface area contributed by atoms with Crippen molar-refractivity contribution in [2.24, 2.45) is 33.5 Å². The van der Waals surface area contributed by atoms with Gasteiger partial charge in [-0.15, -0.1) is 0 Å². The molecule has 164 valence electrons. The van der Waals surface area contributed by atoms with E-state index in [-0.39, 0.29) is 17.3 Å². The first kappa shape index (κ1) is 19.7. The molecule has 2 aromatic heterocycles. The molecule has 7 N–H and O–H groups in total. The molecule has 2 saturated carbocycles. The van der Waals surface area contributed by atoms with Crippen molar-refractivity contribution in [3.05, 3.63) is 41.5 Å². The molecule has 2 aromatic rings. The maximum absolute atomic E-state index is 13.1. The molecule has 2 unspecified atom stereocenters. The third-order valence-electron chi connectivity index (χ3n) is 6.93. The van der Waals surface area contributed by atoms with Crippen molar-refractivity contribution in [2.75, 3.05) is 11.4 Å². The molecule has 2 atom stereocenters. The number of piperidine rings is 1. The van der Waals surface area contributed by atoms with Gasteiger partial charge in [-0.05, 0) is 68.7 Å². The molecular weight excluding hydrogens is 392 g/mol. The van der Waals surface area contributed by atoms with Gasteiger partial charge in [0.2, 0.25) is 5.91 Å². The number of anilines is 1. The lowest BCUT2D eigenvalue weighted by Crippen LogP contribution is -2.37. The van der Waals surface area contributed by atoms with Crippen LogP contribution in [0.3, 0.4) is 0 Å². The van der Waals surface area contributed by atoms with Crippen molar-refractivity contribution in [1.82, 2.24) is 14.9 Å². The standard InChI is InChI=1S/C22H30N8O/c1-21(2,27-17(10-23)26-20(24)25)16-8-15-6-13(12-4-5-12)7-18(30(15)28-16)29-11-14-9-22(14,3)19(29)31/h6-8,10,12,14,27H,4-5,9,11,23H2,1-3H3,(H4,24,25,26)/b17-10+. The number of hydrogen-bond donors (Lipinski definition) is 4. The normalized spacial score (nSPS) is 25.6. The fraction of sp³-hybridized carbons (Fsp3) is 0.500. The average Bonchev–Trinajstić information content (AvgIpc) is 3.59. The third-order valence-corrected chi connectivity index (χ3v) is 6.93. The van der Waals surface area contributed by atoms with Crippen LogP contribution >= 0.6 is 0 Å². The molecule has 0 bridgehead atoms. The summed E-state index contributed by atoms with van der Waals surface area (Å²) in [5.74, 6) is 2.38. The maximum Gasteiger partial charge on any atom is 0.234 e. The number of amides is 1. The van der Waals surface area contributed by atoms with Gasteiger partial charge in [-0.1, -0.05) is 6.92 Å². The Morgan fingerprint density at radius 3 is 2.65 bits per heavy atom. The van der Waals surface area contributed by atoms with E-state index in [4.69, 9.17) is 22.3 Å². The van der Waals surface area contributed by atoms with Gasteiger partial charge in [-0.2, -0.15) is 10.1 Å². The van der Waals surface area contributed by atoms with E-state index in [0.717, 1.165) is 30.0 Å². The first-order valence-corrected chi connectivity index (χ1v) is 10.8. The number of aromatic nitrogens is 2. The number of carbonyl (C=O) groups excluding carboxylic acids is 1. The SMILES string of the molecule is CC(C)(N/C(=C/N)N=C(N)N)c1cc2cc(C3CC3)cc(N3CC4CC4(C)C3=O)n2n1. The first-order chi connectivity index (χ1) is 14.6. The highest BCUT2D eigenvalue weighted by molar-refractivity contribution is 6.02. The van der Waals surface area contributed by atoms with Gasteiger partial charge < -0.3 is 22.5 Å². The Morgan fingerprint density at radius 1 is 1.32 bits per heavy atom. The van der Waals surface area contributed by atoms with E-state index < -0.39 is 5.54 Å². The molecule has 3 heterocycles. The second-order valence-corrected chi connectivity index (χ2v) is 9.86.